The number of aromatic nitrogens is 1. The Hall–Kier alpha value is -3.05. The molecule has 0 saturated carbocycles. The summed E-state index contributed by atoms with van der Waals surface area (Å²) in [4.78, 5) is 18.6. The molecule has 5 nitrogen and oxygen atoms in total. The van der Waals surface area contributed by atoms with Gasteiger partial charge in [0, 0.05) is 48.1 Å². The van der Waals surface area contributed by atoms with Crippen molar-refractivity contribution in [1.82, 2.24) is 4.98 Å². The number of nitrogens with one attached hydrogen (secondary N) is 2. The highest BCUT2D eigenvalue weighted by Crippen LogP contribution is 2.21. The van der Waals surface area contributed by atoms with Crippen LogP contribution in [-0.4, -0.2) is 25.0 Å². The molecule has 0 saturated heterocycles. The van der Waals surface area contributed by atoms with Crippen molar-refractivity contribution >= 4 is 40.3 Å². The third-order valence-corrected chi connectivity index (χ3v) is 3.98. The van der Waals surface area contributed by atoms with Crippen molar-refractivity contribution in [3.8, 4) is 0 Å². The minimum Gasteiger partial charge on any atom is -0.378 e. The summed E-state index contributed by atoms with van der Waals surface area (Å²) in [7, 11) is 3.99. The van der Waals surface area contributed by atoms with Gasteiger partial charge < -0.3 is 15.5 Å². The predicted octanol–water partition coefficient (Wildman–Crippen LogP) is 4.80. The molecule has 2 aromatic carbocycles. The number of carbonyl (C=O) groups excluding carboxylic acids is 1. The fraction of sp³-hybridized carbons (Fsp3) is 0.100. The fourth-order valence-corrected chi connectivity index (χ4v) is 2.59. The van der Waals surface area contributed by atoms with Crippen molar-refractivity contribution in [2.45, 2.75) is 0 Å². The average Bonchev–Trinajstić information content (AvgIpc) is 2.62. The molecule has 6 heteroatoms. The van der Waals surface area contributed by atoms with E-state index in [9.17, 15) is 4.79 Å². The summed E-state index contributed by atoms with van der Waals surface area (Å²) in [5.74, 6) is -0.293. The fourth-order valence-electron chi connectivity index (χ4n) is 2.40. The van der Waals surface area contributed by atoms with Crippen molar-refractivity contribution in [1.29, 1.82) is 0 Å². The number of anilines is 4. The number of carbonyl (C=O) groups is 1. The van der Waals surface area contributed by atoms with Crippen LogP contribution in [-0.2, 0) is 0 Å². The van der Waals surface area contributed by atoms with Gasteiger partial charge in [0.25, 0.3) is 5.91 Å². The van der Waals surface area contributed by atoms with Crippen LogP contribution in [0.15, 0.2) is 66.9 Å². The molecule has 0 radical (unpaired) electrons. The van der Waals surface area contributed by atoms with E-state index in [2.05, 4.69) is 15.6 Å². The summed E-state index contributed by atoms with van der Waals surface area (Å²) in [6.07, 6.45) is 1.60. The van der Waals surface area contributed by atoms with Crippen LogP contribution in [0.25, 0.3) is 0 Å². The predicted molar refractivity (Wildman–Crippen MR) is 108 cm³/mol. The molecule has 2 N–H and O–H groups in total. The standard InChI is InChI=1S/C20H19ClN4O/c1-25(2)18-8-6-15(7-9-18)23-17-10-11-22-19(13-17)20(26)24-16-5-3-4-14(21)12-16/h3-13H,1-2H3,(H,22,23)(H,24,26). The van der Waals surface area contributed by atoms with Gasteiger partial charge in [-0.3, -0.25) is 9.78 Å². The van der Waals surface area contributed by atoms with Gasteiger partial charge in [-0.15, -0.1) is 0 Å². The average molecular weight is 367 g/mol. The highest BCUT2D eigenvalue weighted by Gasteiger charge is 2.09. The highest BCUT2D eigenvalue weighted by atomic mass is 35.5. The zero-order valence-electron chi connectivity index (χ0n) is 14.5. The van der Waals surface area contributed by atoms with Crippen molar-refractivity contribution in [3.05, 3.63) is 77.6 Å². The van der Waals surface area contributed by atoms with Gasteiger partial charge in [0.15, 0.2) is 0 Å². The third kappa shape index (κ3) is 4.52. The Morgan fingerprint density at radius 3 is 2.42 bits per heavy atom. The molecule has 0 fully saturated rings. The number of halogens is 1. The Morgan fingerprint density at radius 2 is 1.73 bits per heavy atom. The van der Waals surface area contributed by atoms with Gasteiger partial charge in [-0.25, -0.2) is 0 Å². The molecule has 26 heavy (non-hydrogen) atoms. The molecule has 3 rings (SSSR count). The second-order valence-corrected chi connectivity index (χ2v) is 6.40. The first-order chi connectivity index (χ1) is 12.5. The number of hydrogen-bond donors (Lipinski definition) is 2. The topological polar surface area (TPSA) is 57.3 Å². The summed E-state index contributed by atoms with van der Waals surface area (Å²) in [6, 6.07) is 18.5. The van der Waals surface area contributed by atoms with Crippen LogP contribution < -0.4 is 15.5 Å². The van der Waals surface area contributed by atoms with Gasteiger partial charge in [-0.2, -0.15) is 0 Å². The zero-order chi connectivity index (χ0) is 18.5. The lowest BCUT2D eigenvalue weighted by Crippen LogP contribution is -2.13. The minimum atomic E-state index is -0.293. The lowest BCUT2D eigenvalue weighted by atomic mass is 10.2. The molecule has 0 bridgehead atoms. The van der Waals surface area contributed by atoms with Gasteiger partial charge >= 0.3 is 0 Å². The van der Waals surface area contributed by atoms with Crippen molar-refractivity contribution < 1.29 is 4.79 Å². The number of hydrogen-bond acceptors (Lipinski definition) is 4. The molecule has 0 unspecified atom stereocenters. The monoisotopic (exact) mass is 366 g/mol. The molecule has 0 atom stereocenters. The van der Waals surface area contributed by atoms with Gasteiger partial charge in [0.2, 0.25) is 0 Å². The summed E-state index contributed by atoms with van der Waals surface area (Å²) in [6.45, 7) is 0. The first-order valence-corrected chi connectivity index (χ1v) is 8.46. The number of nitrogens with zero attached hydrogens (tertiary/aromatic N) is 2. The Labute approximate surface area is 157 Å². The summed E-state index contributed by atoms with van der Waals surface area (Å²) in [5.41, 5.74) is 3.78. The van der Waals surface area contributed by atoms with Crippen LogP contribution >= 0.6 is 11.6 Å². The zero-order valence-corrected chi connectivity index (χ0v) is 15.3. The molecule has 1 aromatic heterocycles. The third-order valence-electron chi connectivity index (χ3n) is 3.75. The van der Waals surface area contributed by atoms with Gasteiger partial charge in [-0.05, 0) is 54.6 Å². The highest BCUT2D eigenvalue weighted by molar-refractivity contribution is 6.30. The van der Waals surface area contributed by atoms with E-state index >= 15 is 0 Å². The Balaban J connectivity index is 1.72. The smallest absolute Gasteiger partial charge is 0.274 e. The largest absolute Gasteiger partial charge is 0.378 e. The summed E-state index contributed by atoms with van der Waals surface area (Å²) < 4.78 is 0. The van der Waals surface area contributed by atoms with E-state index in [0.717, 1.165) is 17.1 Å². The number of amides is 1. The van der Waals surface area contributed by atoms with Gasteiger partial charge in [0.1, 0.15) is 5.69 Å². The summed E-state index contributed by atoms with van der Waals surface area (Å²) in [5, 5.41) is 6.63. The van der Waals surface area contributed by atoms with Crippen LogP contribution in [0.2, 0.25) is 5.02 Å². The number of benzene rings is 2. The van der Waals surface area contributed by atoms with Crippen LogP contribution in [0, 0.1) is 0 Å². The lowest BCUT2D eigenvalue weighted by molar-refractivity contribution is 0.102. The van der Waals surface area contributed by atoms with Crippen LogP contribution in [0.4, 0.5) is 22.7 Å². The van der Waals surface area contributed by atoms with Gasteiger partial charge in [0.05, 0.1) is 0 Å². The van der Waals surface area contributed by atoms with Crippen molar-refractivity contribution in [2.24, 2.45) is 0 Å². The Morgan fingerprint density at radius 1 is 0.962 bits per heavy atom. The van der Waals surface area contributed by atoms with E-state index in [0.29, 0.717) is 16.4 Å². The van der Waals surface area contributed by atoms with Crippen LogP contribution in [0.5, 0.6) is 0 Å². The molecule has 1 heterocycles. The maximum atomic E-state index is 12.4. The van der Waals surface area contributed by atoms with E-state index in [4.69, 9.17) is 11.6 Å². The first kappa shape index (κ1) is 17.8. The van der Waals surface area contributed by atoms with Crippen LogP contribution in [0.3, 0.4) is 0 Å². The normalized spacial score (nSPS) is 10.3. The van der Waals surface area contributed by atoms with Crippen LogP contribution in [0.1, 0.15) is 10.5 Å². The molecule has 132 valence electrons. The van der Waals surface area contributed by atoms with E-state index in [1.54, 1.807) is 36.5 Å². The molecule has 3 aromatic rings. The van der Waals surface area contributed by atoms with Gasteiger partial charge in [-0.1, -0.05) is 17.7 Å². The number of pyridine rings is 1. The first-order valence-electron chi connectivity index (χ1n) is 8.09. The van der Waals surface area contributed by atoms with E-state index in [-0.39, 0.29) is 5.91 Å². The second kappa shape index (κ2) is 7.89. The minimum absolute atomic E-state index is 0.293. The lowest BCUT2D eigenvalue weighted by Gasteiger charge is -2.13. The number of rotatable bonds is 5. The van der Waals surface area contributed by atoms with Crippen molar-refractivity contribution in [3.63, 3.8) is 0 Å². The summed E-state index contributed by atoms with van der Waals surface area (Å²) >= 11 is 5.94. The Bertz CT molecular complexity index is 910. The maximum Gasteiger partial charge on any atom is 0.274 e. The quantitative estimate of drug-likeness (QED) is 0.681. The maximum absolute atomic E-state index is 12.4. The molecule has 0 aliphatic rings. The molecule has 1 amide bonds. The van der Waals surface area contributed by atoms with Crippen molar-refractivity contribution in [2.75, 3.05) is 29.6 Å². The molecule has 0 aliphatic carbocycles. The second-order valence-electron chi connectivity index (χ2n) is 5.96. The molecular weight excluding hydrogens is 348 g/mol. The van der Waals surface area contributed by atoms with E-state index in [1.165, 1.54) is 0 Å². The van der Waals surface area contributed by atoms with E-state index < -0.39 is 0 Å². The Kier molecular flexibility index (Phi) is 5.39. The molecule has 0 spiro atoms. The van der Waals surface area contributed by atoms with E-state index in [1.807, 2.05) is 49.3 Å². The SMILES string of the molecule is CN(C)c1ccc(Nc2ccnc(C(=O)Nc3cccc(Cl)c3)c2)cc1. The molecule has 0 aliphatic heterocycles. The molecular formula is C20H19ClN4O.